The zero-order valence-electron chi connectivity index (χ0n) is 25.9. The van der Waals surface area contributed by atoms with Crippen LogP contribution in [0.3, 0.4) is 0 Å². The maximum atomic E-state index is 6.29. The summed E-state index contributed by atoms with van der Waals surface area (Å²) >= 11 is 0. The van der Waals surface area contributed by atoms with Crippen molar-refractivity contribution >= 4 is 44.0 Å². The number of hydrogen-bond acceptors (Lipinski definition) is 4. The minimum atomic E-state index is -0.150. The number of hydrogen-bond donors (Lipinski definition) is 0. The fourth-order valence-corrected chi connectivity index (χ4v) is 7.64. The van der Waals surface area contributed by atoms with Gasteiger partial charge in [0.1, 0.15) is 28.0 Å². The molecule has 1 aliphatic rings. The monoisotopic (exact) mass is 604 g/mol. The Morgan fingerprint density at radius 3 is 2.00 bits per heavy atom. The predicted octanol–water partition coefficient (Wildman–Crippen LogP) is 11.6. The first kappa shape index (κ1) is 26.2. The molecule has 222 valence electrons. The van der Waals surface area contributed by atoms with Gasteiger partial charge in [-0.05, 0) is 63.7 Å². The molecule has 4 nitrogen and oxygen atoms in total. The molecule has 9 aromatic rings. The van der Waals surface area contributed by atoms with E-state index in [4.69, 9.17) is 18.8 Å². The van der Waals surface area contributed by atoms with E-state index in [1.54, 1.807) is 0 Å². The average Bonchev–Trinajstić information content (AvgIpc) is 3.76. The Bertz CT molecular complexity index is 2700. The highest BCUT2D eigenvalue weighted by Gasteiger charge is 2.38. The van der Waals surface area contributed by atoms with Crippen LogP contribution in [-0.2, 0) is 5.41 Å². The van der Waals surface area contributed by atoms with E-state index in [0.717, 1.165) is 50.0 Å². The van der Waals surface area contributed by atoms with Crippen molar-refractivity contribution in [2.75, 3.05) is 0 Å². The summed E-state index contributed by atoms with van der Waals surface area (Å²) in [5, 5.41) is 3.39. The Morgan fingerprint density at radius 2 is 1.19 bits per heavy atom. The molecule has 0 amide bonds. The van der Waals surface area contributed by atoms with E-state index >= 15 is 0 Å². The van der Waals surface area contributed by atoms with Gasteiger partial charge in [-0.2, -0.15) is 0 Å². The maximum Gasteiger partial charge on any atom is 0.180 e. The van der Waals surface area contributed by atoms with Gasteiger partial charge in [-0.3, -0.25) is 0 Å². The summed E-state index contributed by atoms with van der Waals surface area (Å²) in [7, 11) is 0. The van der Waals surface area contributed by atoms with Gasteiger partial charge < -0.3 is 8.83 Å². The summed E-state index contributed by atoms with van der Waals surface area (Å²) in [6.07, 6.45) is 0. The average molecular weight is 605 g/mol. The first-order valence-corrected chi connectivity index (χ1v) is 16.0. The molecule has 10 rings (SSSR count). The van der Waals surface area contributed by atoms with Crippen LogP contribution in [0.1, 0.15) is 25.0 Å². The molecule has 0 spiro atoms. The molecule has 47 heavy (non-hydrogen) atoms. The molecule has 3 heterocycles. The van der Waals surface area contributed by atoms with Crippen LogP contribution in [0, 0.1) is 0 Å². The summed E-state index contributed by atoms with van der Waals surface area (Å²) < 4.78 is 12.6. The summed E-state index contributed by atoms with van der Waals surface area (Å²) in [5.41, 5.74) is 14.4. The molecular weight excluding hydrogens is 576 g/mol. The van der Waals surface area contributed by atoms with Gasteiger partial charge >= 0.3 is 0 Å². The number of nitrogens with zero attached hydrogens (tertiary/aromatic N) is 2. The van der Waals surface area contributed by atoms with E-state index in [-0.39, 0.29) is 5.41 Å². The summed E-state index contributed by atoms with van der Waals surface area (Å²) in [6, 6.07) is 46.5. The summed E-state index contributed by atoms with van der Waals surface area (Å²) in [4.78, 5) is 10.1. The minimum absolute atomic E-state index is 0.150. The maximum absolute atomic E-state index is 6.29. The zero-order chi connectivity index (χ0) is 31.3. The first-order valence-electron chi connectivity index (χ1n) is 16.0. The number of fused-ring (bicyclic) bond motifs is 10. The molecule has 3 aromatic heterocycles. The lowest BCUT2D eigenvalue weighted by Gasteiger charge is -2.22. The van der Waals surface area contributed by atoms with Crippen LogP contribution in [0.25, 0.3) is 88.9 Å². The number of rotatable bonds is 3. The molecule has 0 saturated carbocycles. The van der Waals surface area contributed by atoms with E-state index in [9.17, 15) is 0 Å². The van der Waals surface area contributed by atoms with Gasteiger partial charge in [0.25, 0.3) is 0 Å². The van der Waals surface area contributed by atoms with E-state index in [1.807, 2.05) is 42.5 Å². The second-order valence-electron chi connectivity index (χ2n) is 13.0. The van der Waals surface area contributed by atoms with Crippen LogP contribution in [-0.4, -0.2) is 9.97 Å². The van der Waals surface area contributed by atoms with E-state index < -0.39 is 0 Å². The first-order chi connectivity index (χ1) is 23.0. The molecule has 0 unspecified atom stereocenters. The second-order valence-corrected chi connectivity index (χ2v) is 13.0. The lowest BCUT2D eigenvalue weighted by molar-refractivity contribution is 0.657. The molecule has 0 bridgehead atoms. The van der Waals surface area contributed by atoms with Crippen molar-refractivity contribution in [2.24, 2.45) is 0 Å². The Kier molecular flexibility index (Phi) is 5.31. The lowest BCUT2D eigenvalue weighted by Crippen LogP contribution is -2.15. The Balaban J connectivity index is 1.08. The van der Waals surface area contributed by atoms with Crippen molar-refractivity contribution < 1.29 is 8.83 Å². The molecular formula is C43H28N2O2. The van der Waals surface area contributed by atoms with Crippen LogP contribution >= 0.6 is 0 Å². The normalized spacial score (nSPS) is 13.5. The third-order valence-electron chi connectivity index (χ3n) is 9.89. The minimum Gasteiger partial charge on any atom is -0.456 e. The highest BCUT2D eigenvalue weighted by atomic mass is 16.3. The standard InChI is InChI=1S/C43H28N2O2/c1-43(2)33-22-20-28(24-32(33)29-21-23-36-37(38(29)43)30-12-6-8-14-34(30)46-36)25-16-18-27(19-17-25)42-44-39(26-10-4-3-5-11-26)41-40(45-42)31-13-7-9-15-35(31)47-41/h3-24H,1-2H3. The van der Waals surface area contributed by atoms with Crippen LogP contribution in [0.5, 0.6) is 0 Å². The molecule has 1 aliphatic carbocycles. The fraction of sp³-hybridized carbons (Fsp3) is 0.0698. The smallest absolute Gasteiger partial charge is 0.180 e. The van der Waals surface area contributed by atoms with Crippen molar-refractivity contribution in [3.8, 4) is 44.9 Å². The molecule has 4 heteroatoms. The predicted molar refractivity (Wildman–Crippen MR) is 190 cm³/mol. The molecule has 0 fully saturated rings. The number of aromatic nitrogens is 2. The number of furan rings is 2. The summed E-state index contributed by atoms with van der Waals surface area (Å²) in [6.45, 7) is 4.66. The lowest BCUT2D eigenvalue weighted by atomic mass is 9.80. The molecule has 6 aromatic carbocycles. The third kappa shape index (κ3) is 3.76. The van der Waals surface area contributed by atoms with Crippen molar-refractivity contribution in [1.82, 2.24) is 9.97 Å². The van der Waals surface area contributed by atoms with Gasteiger partial charge in [-0.15, -0.1) is 0 Å². The summed E-state index contributed by atoms with van der Waals surface area (Å²) in [5.74, 6) is 0.676. The fourth-order valence-electron chi connectivity index (χ4n) is 7.64. The van der Waals surface area contributed by atoms with Gasteiger partial charge in [-0.25, -0.2) is 9.97 Å². The van der Waals surface area contributed by atoms with Crippen LogP contribution < -0.4 is 0 Å². The van der Waals surface area contributed by atoms with Gasteiger partial charge in [0.2, 0.25) is 0 Å². The number of para-hydroxylation sites is 2. The van der Waals surface area contributed by atoms with Gasteiger partial charge in [0, 0.05) is 32.7 Å². The molecule has 0 atom stereocenters. The molecule has 0 aliphatic heterocycles. The zero-order valence-corrected chi connectivity index (χ0v) is 25.9. The Hall–Kier alpha value is -6.00. The van der Waals surface area contributed by atoms with Crippen molar-refractivity contribution in [1.29, 1.82) is 0 Å². The quantitative estimate of drug-likeness (QED) is 0.201. The van der Waals surface area contributed by atoms with Crippen molar-refractivity contribution in [2.45, 2.75) is 19.3 Å². The second kappa shape index (κ2) is 9.51. The number of benzene rings is 6. The van der Waals surface area contributed by atoms with Crippen molar-refractivity contribution in [3.05, 3.63) is 145 Å². The topological polar surface area (TPSA) is 52.1 Å². The van der Waals surface area contributed by atoms with Gasteiger partial charge in [0.05, 0.1) is 0 Å². The van der Waals surface area contributed by atoms with Crippen LogP contribution in [0.2, 0.25) is 0 Å². The molecule has 0 saturated heterocycles. The Morgan fingerprint density at radius 1 is 0.511 bits per heavy atom. The third-order valence-corrected chi connectivity index (χ3v) is 9.89. The van der Waals surface area contributed by atoms with E-state index in [0.29, 0.717) is 11.4 Å². The molecule has 0 N–H and O–H groups in total. The van der Waals surface area contributed by atoms with Gasteiger partial charge in [-0.1, -0.05) is 117 Å². The van der Waals surface area contributed by atoms with Crippen molar-refractivity contribution in [3.63, 3.8) is 0 Å². The SMILES string of the molecule is CC1(C)c2ccc(-c3ccc(-c4nc(-c5ccccc5)c5oc6ccccc6c5n4)cc3)cc2-c2ccc3oc4ccccc4c3c21. The van der Waals surface area contributed by atoms with Gasteiger partial charge in [0.15, 0.2) is 11.4 Å². The molecule has 0 radical (unpaired) electrons. The van der Waals surface area contributed by atoms with Crippen LogP contribution in [0.15, 0.2) is 142 Å². The Labute approximate surface area is 271 Å². The largest absolute Gasteiger partial charge is 0.456 e. The van der Waals surface area contributed by atoms with E-state index in [1.165, 1.54) is 38.6 Å². The van der Waals surface area contributed by atoms with E-state index in [2.05, 4.69) is 105 Å². The highest BCUT2D eigenvalue weighted by molar-refractivity contribution is 6.11. The highest BCUT2D eigenvalue weighted by Crippen LogP contribution is 2.53. The van der Waals surface area contributed by atoms with Crippen LogP contribution in [0.4, 0.5) is 0 Å².